The zero-order valence-electron chi connectivity index (χ0n) is 12.3. The van der Waals surface area contributed by atoms with Gasteiger partial charge in [0.05, 0.1) is 0 Å². The highest BCUT2D eigenvalue weighted by Crippen LogP contribution is 2.36. The maximum atomic E-state index is 12.3. The van der Waals surface area contributed by atoms with Crippen LogP contribution in [0, 0.1) is 0 Å². The van der Waals surface area contributed by atoms with E-state index >= 15 is 0 Å². The molecule has 0 bridgehead atoms. The molecular weight excluding hydrogens is 284 g/mol. The Labute approximate surface area is 127 Å². The maximum absolute atomic E-state index is 12.3. The molecule has 0 saturated heterocycles. The fourth-order valence-electron chi connectivity index (χ4n) is 2.83. The molecule has 1 fully saturated rings. The van der Waals surface area contributed by atoms with Gasteiger partial charge in [0.15, 0.2) is 0 Å². The molecule has 3 rings (SSSR count). The summed E-state index contributed by atoms with van der Waals surface area (Å²) in [7, 11) is 1.56. The van der Waals surface area contributed by atoms with Crippen LogP contribution in [0.5, 0.6) is 0 Å². The van der Waals surface area contributed by atoms with Gasteiger partial charge in [-0.05, 0) is 43.5 Å². The van der Waals surface area contributed by atoms with Crippen molar-refractivity contribution >= 4 is 28.5 Å². The van der Waals surface area contributed by atoms with E-state index in [2.05, 4.69) is 5.32 Å². The summed E-state index contributed by atoms with van der Waals surface area (Å²) in [4.78, 5) is 23.1. The highest BCUT2D eigenvalue weighted by atomic mass is 16.5. The molecule has 116 valence electrons. The number of carbonyl (C=O) groups is 2. The normalized spacial score (nSPS) is 16.2. The number of nitrogens with zero attached hydrogens (tertiary/aromatic N) is 1. The minimum atomic E-state index is -0.887. The van der Waals surface area contributed by atoms with Crippen molar-refractivity contribution in [3.05, 3.63) is 30.5 Å². The van der Waals surface area contributed by atoms with E-state index < -0.39 is 11.6 Å². The third kappa shape index (κ3) is 2.46. The average molecular weight is 302 g/mol. The van der Waals surface area contributed by atoms with E-state index in [4.69, 9.17) is 9.84 Å². The fraction of sp³-hybridized carbons (Fsp3) is 0.375. The first-order valence-electron chi connectivity index (χ1n) is 7.21. The van der Waals surface area contributed by atoms with Gasteiger partial charge in [-0.25, -0.2) is 0 Å². The zero-order chi connectivity index (χ0) is 15.7. The van der Waals surface area contributed by atoms with Crippen LogP contribution in [0.3, 0.4) is 0 Å². The molecule has 22 heavy (non-hydrogen) atoms. The number of carboxylic acids is 1. The summed E-state index contributed by atoms with van der Waals surface area (Å²) in [5.41, 5.74) is 0.823. The Balaban J connectivity index is 1.81. The van der Waals surface area contributed by atoms with Gasteiger partial charge in [0.1, 0.15) is 12.1 Å². The number of carbonyl (C=O) groups excluding carboxylic acids is 1. The SMILES string of the molecule is COC1(C(=O)Nc2ccc3c(ccn3CC(=O)O)c2)CCC1. The van der Waals surface area contributed by atoms with E-state index in [9.17, 15) is 9.59 Å². The molecular formula is C16H18N2O4. The number of ether oxygens (including phenoxy) is 1. The molecule has 6 heteroatoms. The van der Waals surface area contributed by atoms with Gasteiger partial charge < -0.3 is 19.7 Å². The lowest BCUT2D eigenvalue weighted by atomic mass is 9.79. The predicted molar refractivity (Wildman–Crippen MR) is 81.8 cm³/mol. The summed E-state index contributed by atoms with van der Waals surface area (Å²) < 4.78 is 7.02. The Morgan fingerprint density at radius 3 is 2.73 bits per heavy atom. The van der Waals surface area contributed by atoms with Crippen LogP contribution in [0.4, 0.5) is 5.69 Å². The first-order valence-corrected chi connectivity index (χ1v) is 7.21. The van der Waals surface area contributed by atoms with Crippen LogP contribution in [0.15, 0.2) is 30.5 Å². The molecule has 0 unspecified atom stereocenters. The maximum Gasteiger partial charge on any atom is 0.323 e. The highest BCUT2D eigenvalue weighted by molar-refractivity contribution is 5.99. The fourth-order valence-corrected chi connectivity index (χ4v) is 2.83. The Hall–Kier alpha value is -2.34. The first kappa shape index (κ1) is 14.6. The standard InChI is InChI=1S/C16H18N2O4/c1-22-16(6-2-7-16)15(21)17-12-3-4-13-11(9-12)5-8-18(13)10-14(19)20/h3-5,8-9H,2,6-7,10H2,1H3,(H,17,21)(H,19,20). The molecule has 1 amide bonds. The van der Waals surface area contributed by atoms with Crippen LogP contribution in [0.2, 0.25) is 0 Å². The number of nitrogens with one attached hydrogen (secondary N) is 1. The Morgan fingerprint density at radius 1 is 1.36 bits per heavy atom. The van der Waals surface area contributed by atoms with Gasteiger partial charge in [0.25, 0.3) is 5.91 Å². The van der Waals surface area contributed by atoms with Crippen LogP contribution in [0.1, 0.15) is 19.3 Å². The lowest BCUT2D eigenvalue weighted by Crippen LogP contribution is -2.50. The van der Waals surface area contributed by atoms with E-state index in [0.717, 1.165) is 30.2 Å². The number of methoxy groups -OCH3 is 1. The lowest BCUT2D eigenvalue weighted by Gasteiger charge is -2.38. The second kappa shape index (κ2) is 5.46. The van der Waals surface area contributed by atoms with Crippen molar-refractivity contribution in [2.75, 3.05) is 12.4 Å². The van der Waals surface area contributed by atoms with Crippen LogP contribution in [-0.2, 0) is 20.9 Å². The van der Waals surface area contributed by atoms with Crippen molar-refractivity contribution in [3.63, 3.8) is 0 Å². The van der Waals surface area contributed by atoms with E-state index in [1.165, 1.54) is 0 Å². The van der Waals surface area contributed by atoms with E-state index in [-0.39, 0.29) is 12.5 Å². The van der Waals surface area contributed by atoms with Gasteiger partial charge in [-0.1, -0.05) is 0 Å². The van der Waals surface area contributed by atoms with E-state index in [0.29, 0.717) is 5.69 Å². The highest BCUT2D eigenvalue weighted by Gasteiger charge is 2.44. The van der Waals surface area contributed by atoms with Crippen LogP contribution < -0.4 is 5.32 Å². The zero-order valence-corrected chi connectivity index (χ0v) is 12.3. The Kier molecular flexibility index (Phi) is 3.62. The first-order chi connectivity index (χ1) is 10.5. The monoisotopic (exact) mass is 302 g/mol. The van der Waals surface area contributed by atoms with Gasteiger partial charge in [0, 0.05) is 29.9 Å². The van der Waals surface area contributed by atoms with Gasteiger partial charge in [-0.15, -0.1) is 0 Å². The number of amides is 1. The topological polar surface area (TPSA) is 80.6 Å². The number of anilines is 1. The second-order valence-corrected chi connectivity index (χ2v) is 5.62. The van der Waals surface area contributed by atoms with Crippen molar-refractivity contribution in [1.82, 2.24) is 4.57 Å². The lowest BCUT2D eigenvalue weighted by molar-refractivity contribution is -0.148. The minimum absolute atomic E-state index is 0.0814. The van der Waals surface area contributed by atoms with Gasteiger partial charge in [0.2, 0.25) is 0 Å². The van der Waals surface area contributed by atoms with Gasteiger partial charge >= 0.3 is 5.97 Å². The largest absolute Gasteiger partial charge is 0.480 e. The summed E-state index contributed by atoms with van der Waals surface area (Å²) in [6.07, 6.45) is 4.21. The molecule has 1 heterocycles. The number of hydrogen-bond acceptors (Lipinski definition) is 3. The molecule has 6 nitrogen and oxygen atoms in total. The number of aliphatic carboxylic acids is 1. The smallest absolute Gasteiger partial charge is 0.323 e. The predicted octanol–water partition coefficient (Wildman–Crippen LogP) is 2.23. The minimum Gasteiger partial charge on any atom is -0.480 e. The van der Waals surface area contributed by atoms with Crippen LogP contribution >= 0.6 is 0 Å². The summed E-state index contributed by atoms with van der Waals surface area (Å²) in [5, 5.41) is 12.7. The van der Waals surface area contributed by atoms with Crippen molar-refractivity contribution in [3.8, 4) is 0 Å². The molecule has 2 aromatic rings. The molecule has 0 atom stereocenters. The summed E-state index contributed by atoms with van der Waals surface area (Å²) in [6, 6.07) is 7.27. The molecule has 1 aliphatic rings. The van der Waals surface area contributed by atoms with E-state index in [1.54, 1.807) is 23.9 Å². The third-order valence-electron chi connectivity index (χ3n) is 4.30. The van der Waals surface area contributed by atoms with Crippen molar-refractivity contribution in [2.24, 2.45) is 0 Å². The molecule has 1 aromatic carbocycles. The average Bonchev–Trinajstić information content (AvgIpc) is 2.80. The second-order valence-electron chi connectivity index (χ2n) is 5.62. The Bertz CT molecular complexity index is 725. The third-order valence-corrected chi connectivity index (χ3v) is 4.30. The number of hydrogen-bond donors (Lipinski definition) is 2. The number of aromatic nitrogens is 1. The molecule has 1 aromatic heterocycles. The van der Waals surface area contributed by atoms with Crippen molar-refractivity contribution < 1.29 is 19.4 Å². The molecule has 0 aliphatic heterocycles. The van der Waals surface area contributed by atoms with Crippen LogP contribution in [0.25, 0.3) is 10.9 Å². The number of carboxylic acid groups (broad SMARTS) is 1. The summed E-state index contributed by atoms with van der Waals surface area (Å²) in [6.45, 7) is -0.0814. The molecule has 0 spiro atoms. The number of rotatable bonds is 5. The molecule has 0 radical (unpaired) electrons. The van der Waals surface area contributed by atoms with E-state index in [1.807, 2.05) is 18.2 Å². The summed E-state index contributed by atoms with van der Waals surface area (Å²) in [5.74, 6) is -1.01. The summed E-state index contributed by atoms with van der Waals surface area (Å²) >= 11 is 0. The quantitative estimate of drug-likeness (QED) is 0.887. The van der Waals surface area contributed by atoms with Gasteiger partial charge in [-0.3, -0.25) is 9.59 Å². The molecule has 2 N–H and O–H groups in total. The molecule has 1 saturated carbocycles. The van der Waals surface area contributed by atoms with Crippen molar-refractivity contribution in [1.29, 1.82) is 0 Å². The Morgan fingerprint density at radius 2 is 2.14 bits per heavy atom. The number of benzene rings is 1. The van der Waals surface area contributed by atoms with Crippen LogP contribution in [-0.4, -0.2) is 34.3 Å². The number of fused-ring (bicyclic) bond motifs is 1. The van der Waals surface area contributed by atoms with Crippen molar-refractivity contribution in [2.45, 2.75) is 31.4 Å². The van der Waals surface area contributed by atoms with Gasteiger partial charge in [-0.2, -0.15) is 0 Å². The molecule has 1 aliphatic carbocycles.